The van der Waals surface area contributed by atoms with E-state index in [1.807, 2.05) is 13.8 Å². The first-order chi connectivity index (χ1) is 15.9. The van der Waals surface area contributed by atoms with Crippen LogP contribution < -0.4 is 10.1 Å². The summed E-state index contributed by atoms with van der Waals surface area (Å²) in [5.74, 6) is 1.26. The number of nitrogens with one attached hydrogen (secondary N) is 1. The van der Waals surface area contributed by atoms with Crippen molar-refractivity contribution in [3.05, 3.63) is 46.8 Å². The van der Waals surface area contributed by atoms with Crippen LogP contribution in [0, 0.1) is 13.8 Å². The van der Waals surface area contributed by atoms with Crippen molar-refractivity contribution in [3.8, 4) is 5.75 Å². The highest BCUT2D eigenvalue weighted by Gasteiger charge is 2.31. The Labute approximate surface area is 195 Å². The fourth-order valence-corrected chi connectivity index (χ4v) is 4.82. The number of amides is 1. The second-order valence-electron chi connectivity index (χ2n) is 9.43. The molecule has 3 heterocycles. The normalized spacial score (nSPS) is 23.3. The van der Waals surface area contributed by atoms with Gasteiger partial charge < -0.3 is 24.6 Å². The minimum Gasteiger partial charge on any atom is -0.489 e. The maximum Gasteiger partial charge on any atom is 0.251 e. The van der Waals surface area contributed by atoms with E-state index < -0.39 is 6.10 Å². The van der Waals surface area contributed by atoms with Gasteiger partial charge in [-0.2, -0.15) is 0 Å². The predicted octanol–water partition coefficient (Wildman–Crippen LogP) is 2.52. The highest BCUT2D eigenvalue weighted by Crippen LogP contribution is 2.22. The van der Waals surface area contributed by atoms with Crippen LogP contribution in [0.15, 0.2) is 28.8 Å². The lowest BCUT2D eigenvalue weighted by Crippen LogP contribution is -2.52. The lowest BCUT2D eigenvalue weighted by molar-refractivity contribution is 0.0723. The van der Waals surface area contributed by atoms with Crippen molar-refractivity contribution >= 4 is 5.91 Å². The van der Waals surface area contributed by atoms with Crippen molar-refractivity contribution in [2.24, 2.45) is 0 Å². The number of hydrogen-bond donors (Lipinski definition) is 2. The molecule has 2 aliphatic rings. The molecule has 2 aliphatic heterocycles. The Kier molecular flexibility index (Phi) is 7.67. The fraction of sp³-hybridized carbons (Fsp3) is 0.600. The van der Waals surface area contributed by atoms with E-state index >= 15 is 0 Å². The number of ether oxygens (including phenoxy) is 1. The molecule has 2 atom stereocenters. The summed E-state index contributed by atoms with van der Waals surface area (Å²) in [6, 6.07) is 7.37. The van der Waals surface area contributed by atoms with Crippen LogP contribution in [0.4, 0.5) is 0 Å². The van der Waals surface area contributed by atoms with E-state index in [1.54, 1.807) is 24.3 Å². The van der Waals surface area contributed by atoms with Crippen LogP contribution in [0.25, 0.3) is 0 Å². The van der Waals surface area contributed by atoms with Crippen molar-refractivity contribution in [3.63, 3.8) is 0 Å². The van der Waals surface area contributed by atoms with Crippen molar-refractivity contribution < 1.29 is 19.2 Å². The van der Waals surface area contributed by atoms with Gasteiger partial charge in [0.15, 0.2) is 0 Å². The number of aliphatic hydroxyl groups is 1. The Bertz CT molecular complexity index is 901. The van der Waals surface area contributed by atoms with Crippen LogP contribution in [-0.4, -0.2) is 77.4 Å². The Morgan fingerprint density at radius 3 is 2.58 bits per heavy atom. The molecular weight excluding hydrogens is 420 g/mol. The number of likely N-dealkylation sites (tertiary alicyclic amines) is 2. The number of aromatic nitrogens is 1. The highest BCUT2D eigenvalue weighted by molar-refractivity contribution is 5.94. The number of aliphatic hydroxyl groups excluding tert-OH is 1. The Morgan fingerprint density at radius 2 is 1.91 bits per heavy atom. The summed E-state index contributed by atoms with van der Waals surface area (Å²) in [5.41, 5.74) is 2.31. The molecule has 0 unspecified atom stereocenters. The summed E-state index contributed by atoms with van der Waals surface area (Å²) in [5, 5.41) is 17.7. The van der Waals surface area contributed by atoms with Crippen molar-refractivity contribution in [1.82, 2.24) is 20.3 Å². The molecule has 2 aromatic rings. The molecule has 33 heavy (non-hydrogen) atoms. The van der Waals surface area contributed by atoms with Gasteiger partial charge in [0.05, 0.1) is 23.4 Å². The summed E-state index contributed by atoms with van der Waals surface area (Å²) in [6.07, 6.45) is 3.42. The Hall–Kier alpha value is -2.42. The molecule has 8 heteroatoms. The monoisotopic (exact) mass is 456 g/mol. The molecule has 0 radical (unpaired) electrons. The molecule has 0 saturated carbocycles. The van der Waals surface area contributed by atoms with Gasteiger partial charge >= 0.3 is 0 Å². The summed E-state index contributed by atoms with van der Waals surface area (Å²) in [4.78, 5) is 17.8. The quantitative estimate of drug-likeness (QED) is 0.690. The van der Waals surface area contributed by atoms with Gasteiger partial charge in [0.1, 0.15) is 18.1 Å². The second-order valence-corrected chi connectivity index (χ2v) is 9.43. The van der Waals surface area contributed by atoms with Gasteiger partial charge in [-0.3, -0.25) is 9.69 Å². The van der Waals surface area contributed by atoms with Gasteiger partial charge in [-0.05, 0) is 90.5 Å². The summed E-state index contributed by atoms with van der Waals surface area (Å²) < 4.78 is 11.0. The topological polar surface area (TPSA) is 91.1 Å². The lowest BCUT2D eigenvalue weighted by atomic mass is 10.0. The minimum absolute atomic E-state index is 0.165. The maximum atomic E-state index is 12.9. The van der Waals surface area contributed by atoms with E-state index in [-0.39, 0.29) is 11.9 Å². The molecule has 180 valence electrons. The van der Waals surface area contributed by atoms with E-state index in [1.165, 1.54) is 0 Å². The van der Waals surface area contributed by atoms with Crippen molar-refractivity contribution in [2.45, 2.75) is 64.3 Å². The molecule has 2 saturated heterocycles. The van der Waals surface area contributed by atoms with E-state index in [2.05, 4.69) is 27.3 Å². The summed E-state index contributed by atoms with van der Waals surface area (Å²) in [6.45, 7) is 8.00. The average Bonchev–Trinajstić information content (AvgIpc) is 3.02. The van der Waals surface area contributed by atoms with Crippen LogP contribution in [0.1, 0.15) is 53.1 Å². The first kappa shape index (κ1) is 23.7. The number of hydrogen-bond acceptors (Lipinski definition) is 7. The highest BCUT2D eigenvalue weighted by atomic mass is 16.5. The molecule has 8 nitrogen and oxygen atoms in total. The zero-order chi connectivity index (χ0) is 23.4. The molecule has 1 amide bonds. The number of benzene rings is 1. The van der Waals surface area contributed by atoms with Gasteiger partial charge in [-0.1, -0.05) is 5.16 Å². The number of piperidine rings is 1. The molecule has 1 aromatic carbocycles. The summed E-state index contributed by atoms with van der Waals surface area (Å²) >= 11 is 0. The zero-order valence-corrected chi connectivity index (χ0v) is 19.9. The van der Waals surface area contributed by atoms with E-state index in [9.17, 15) is 9.90 Å². The predicted molar refractivity (Wildman–Crippen MR) is 125 cm³/mol. The maximum absolute atomic E-state index is 12.9. The van der Waals surface area contributed by atoms with Gasteiger partial charge in [0.25, 0.3) is 5.91 Å². The third-order valence-electron chi connectivity index (χ3n) is 7.04. The summed E-state index contributed by atoms with van der Waals surface area (Å²) in [7, 11) is 2.17. The molecule has 2 N–H and O–H groups in total. The third-order valence-corrected chi connectivity index (χ3v) is 7.04. The largest absolute Gasteiger partial charge is 0.489 e. The smallest absolute Gasteiger partial charge is 0.251 e. The standard InChI is InChI=1S/C25H36N4O4/c1-17-22(18(2)33-27-17)16-32-21-8-6-19(7-9-21)25(31)26-23-15-29(12-4-5-24(23)30)20-10-13-28(3)14-11-20/h6-9,20,23-24,30H,4-5,10-16H2,1-3H3,(H,26,31)/t23-,24-/m1/s1. The number of aryl methyl sites for hydroxylation is 2. The van der Waals surface area contributed by atoms with Crippen LogP contribution >= 0.6 is 0 Å². The molecule has 2 fully saturated rings. The molecule has 1 aromatic heterocycles. The SMILES string of the molecule is Cc1noc(C)c1COc1ccc(C(=O)N[C@@H]2CN(C3CCN(C)CC3)CCC[C@H]2O)cc1. The molecule has 0 bridgehead atoms. The van der Waals surface area contributed by atoms with Crippen LogP contribution in [0.3, 0.4) is 0 Å². The Morgan fingerprint density at radius 1 is 1.18 bits per heavy atom. The molecule has 0 spiro atoms. The van der Waals surface area contributed by atoms with Crippen molar-refractivity contribution in [1.29, 1.82) is 0 Å². The van der Waals surface area contributed by atoms with Gasteiger partial charge in [0, 0.05) is 18.2 Å². The lowest BCUT2D eigenvalue weighted by Gasteiger charge is -2.38. The minimum atomic E-state index is -0.525. The second kappa shape index (κ2) is 10.7. The van der Waals surface area contributed by atoms with Crippen LogP contribution in [0.5, 0.6) is 5.75 Å². The first-order valence-corrected chi connectivity index (χ1v) is 12.0. The van der Waals surface area contributed by atoms with Gasteiger partial charge in [-0.25, -0.2) is 0 Å². The Balaban J connectivity index is 1.34. The fourth-order valence-electron chi connectivity index (χ4n) is 4.82. The van der Waals surface area contributed by atoms with Gasteiger partial charge in [0.2, 0.25) is 0 Å². The van der Waals surface area contributed by atoms with Crippen molar-refractivity contribution in [2.75, 3.05) is 33.2 Å². The number of nitrogens with zero attached hydrogens (tertiary/aromatic N) is 3. The number of rotatable bonds is 6. The molecular formula is C25H36N4O4. The number of carbonyl (C=O) groups excluding carboxylic acids is 1. The van der Waals surface area contributed by atoms with Crippen LogP contribution in [-0.2, 0) is 6.61 Å². The third kappa shape index (κ3) is 5.93. The molecule has 4 rings (SSSR count). The molecule has 0 aliphatic carbocycles. The van der Waals surface area contributed by atoms with E-state index in [0.717, 1.165) is 55.9 Å². The van der Waals surface area contributed by atoms with Gasteiger partial charge in [-0.15, -0.1) is 0 Å². The zero-order valence-electron chi connectivity index (χ0n) is 19.9. The van der Waals surface area contributed by atoms with E-state index in [4.69, 9.17) is 9.26 Å². The van der Waals surface area contributed by atoms with Crippen LogP contribution in [0.2, 0.25) is 0 Å². The average molecular weight is 457 g/mol. The van der Waals surface area contributed by atoms with E-state index in [0.29, 0.717) is 36.9 Å². The first-order valence-electron chi connectivity index (χ1n) is 12.0. The number of carbonyl (C=O) groups is 1.